The molecule has 3 aromatic rings. The SMILES string of the molecule is COc1cc2c(cc1CN1CCCC1c1cccc(Nc3ccc(C#N)nc3)n1)OCO2. The number of hydrogen-bond donors (Lipinski definition) is 1. The van der Waals surface area contributed by atoms with Crippen LogP contribution in [0.3, 0.4) is 0 Å². The fraction of sp³-hybridized carbons (Fsp3) is 0.292. The van der Waals surface area contributed by atoms with Gasteiger partial charge < -0.3 is 19.5 Å². The van der Waals surface area contributed by atoms with Crippen LogP contribution in [0.15, 0.2) is 48.7 Å². The summed E-state index contributed by atoms with van der Waals surface area (Å²) in [6, 6.07) is 15.7. The predicted octanol–water partition coefficient (Wildman–Crippen LogP) is 4.17. The summed E-state index contributed by atoms with van der Waals surface area (Å²) < 4.78 is 16.6. The molecule has 1 aromatic carbocycles. The van der Waals surface area contributed by atoms with E-state index >= 15 is 0 Å². The van der Waals surface area contributed by atoms with Gasteiger partial charge >= 0.3 is 0 Å². The monoisotopic (exact) mass is 429 g/mol. The number of aromatic nitrogens is 2. The third-order valence-corrected chi connectivity index (χ3v) is 5.78. The lowest BCUT2D eigenvalue weighted by molar-refractivity contribution is 0.173. The Morgan fingerprint density at radius 2 is 2.09 bits per heavy atom. The largest absolute Gasteiger partial charge is 0.496 e. The van der Waals surface area contributed by atoms with Crippen LogP contribution < -0.4 is 19.5 Å². The second kappa shape index (κ2) is 8.73. The Morgan fingerprint density at radius 3 is 2.88 bits per heavy atom. The molecule has 0 spiro atoms. The summed E-state index contributed by atoms with van der Waals surface area (Å²) in [5, 5.41) is 12.2. The molecule has 1 fully saturated rings. The Kier molecular flexibility index (Phi) is 5.48. The number of benzene rings is 1. The molecule has 1 N–H and O–H groups in total. The summed E-state index contributed by atoms with van der Waals surface area (Å²) in [6.45, 7) is 1.97. The first-order valence-electron chi connectivity index (χ1n) is 10.5. The number of fused-ring (bicyclic) bond motifs is 1. The normalized spacial score (nSPS) is 17.2. The number of rotatable bonds is 6. The van der Waals surface area contributed by atoms with E-state index in [4.69, 9.17) is 24.5 Å². The molecule has 0 bridgehead atoms. The van der Waals surface area contributed by atoms with Gasteiger partial charge in [0.15, 0.2) is 11.5 Å². The van der Waals surface area contributed by atoms with E-state index in [-0.39, 0.29) is 12.8 Å². The number of methoxy groups -OCH3 is 1. The minimum atomic E-state index is 0.214. The van der Waals surface area contributed by atoms with Crippen molar-refractivity contribution >= 4 is 11.5 Å². The molecular weight excluding hydrogens is 406 g/mol. The van der Waals surface area contributed by atoms with Crippen LogP contribution in [-0.4, -0.2) is 35.3 Å². The highest BCUT2D eigenvalue weighted by Gasteiger charge is 2.29. The van der Waals surface area contributed by atoms with Gasteiger partial charge in [0, 0.05) is 18.2 Å². The van der Waals surface area contributed by atoms with Gasteiger partial charge in [-0.15, -0.1) is 0 Å². The van der Waals surface area contributed by atoms with Gasteiger partial charge in [-0.1, -0.05) is 6.07 Å². The van der Waals surface area contributed by atoms with Crippen molar-refractivity contribution in [3.63, 3.8) is 0 Å². The Hall–Kier alpha value is -3.83. The van der Waals surface area contributed by atoms with Crippen LogP contribution in [0.1, 0.15) is 35.8 Å². The predicted molar refractivity (Wildman–Crippen MR) is 118 cm³/mol. The van der Waals surface area contributed by atoms with Crippen molar-refractivity contribution in [1.82, 2.24) is 14.9 Å². The molecule has 0 saturated carbocycles. The summed E-state index contributed by atoms with van der Waals surface area (Å²) in [6.07, 6.45) is 3.79. The van der Waals surface area contributed by atoms with Gasteiger partial charge in [-0.2, -0.15) is 5.26 Å². The summed E-state index contributed by atoms with van der Waals surface area (Å²) in [4.78, 5) is 11.4. The lowest BCUT2D eigenvalue weighted by Gasteiger charge is -2.25. The zero-order chi connectivity index (χ0) is 21.9. The molecule has 162 valence electrons. The van der Waals surface area contributed by atoms with E-state index < -0.39 is 0 Å². The number of nitrogens with zero attached hydrogens (tertiary/aromatic N) is 4. The van der Waals surface area contributed by atoms with Gasteiger partial charge in [-0.25, -0.2) is 9.97 Å². The molecule has 5 rings (SSSR count). The Balaban J connectivity index is 1.35. The van der Waals surface area contributed by atoms with E-state index in [1.807, 2.05) is 36.4 Å². The number of anilines is 2. The highest BCUT2D eigenvalue weighted by atomic mass is 16.7. The van der Waals surface area contributed by atoms with Crippen molar-refractivity contribution in [2.24, 2.45) is 0 Å². The molecule has 32 heavy (non-hydrogen) atoms. The third-order valence-electron chi connectivity index (χ3n) is 5.78. The molecule has 0 radical (unpaired) electrons. The van der Waals surface area contributed by atoms with Crippen LogP contribution in [-0.2, 0) is 6.54 Å². The first-order chi connectivity index (χ1) is 15.7. The van der Waals surface area contributed by atoms with E-state index in [1.54, 1.807) is 19.4 Å². The van der Waals surface area contributed by atoms with Crippen LogP contribution >= 0.6 is 0 Å². The molecule has 1 unspecified atom stereocenters. The molecule has 1 saturated heterocycles. The number of nitriles is 1. The smallest absolute Gasteiger partial charge is 0.231 e. The molecule has 2 aliphatic heterocycles. The fourth-order valence-electron chi connectivity index (χ4n) is 4.24. The molecule has 1 atom stereocenters. The molecule has 0 aliphatic carbocycles. The van der Waals surface area contributed by atoms with Crippen LogP contribution in [0.4, 0.5) is 11.5 Å². The number of pyridine rings is 2. The number of likely N-dealkylation sites (tertiary alicyclic amines) is 1. The van der Waals surface area contributed by atoms with Gasteiger partial charge in [-0.05, 0) is 49.7 Å². The Bertz CT molecular complexity index is 1160. The molecule has 8 heteroatoms. The van der Waals surface area contributed by atoms with Gasteiger partial charge in [0.2, 0.25) is 6.79 Å². The maximum absolute atomic E-state index is 8.91. The van der Waals surface area contributed by atoms with E-state index in [0.717, 1.165) is 65.9 Å². The van der Waals surface area contributed by atoms with Crippen molar-refractivity contribution in [2.75, 3.05) is 25.8 Å². The summed E-state index contributed by atoms with van der Waals surface area (Å²) in [5.74, 6) is 3.04. The quantitative estimate of drug-likeness (QED) is 0.624. The summed E-state index contributed by atoms with van der Waals surface area (Å²) >= 11 is 0. The van der Waals surface area contributed by atoms with Gasteiger partial charge in [-0.3, -0.25) is 4.90 Å². The zero-order valence-electron chi connectivity index (χ0n) is 17.7. The lowest BCUT2D eigenvalue weighted by atomic mass is 10.1. The molecule has 8 nitrogen and oxygen atoms in total. The van der Waals surface area contributed by atoms with Crippen LogP contribution in [0.2, 0.25) is 0 Å². The Morgan fingerprint density at radius 1 is 1.22 bits per heavy atom. The number of ether oxygens (including phenoxy) is 3. The van der Waals surface area contributed by atoms with Crippen molar-refractivity contribution < 1.29 is 14.2 Å². The standard InChI is InChI=1S/C24H23N5O3/c1-30-21-11-23-22(31-15-32-23)10-16(21)14-29-9-3-5-20(29)19-4-2-6-24(28-19)27-18-8-7-17(12-25)26-13-18/h2,4,6-8,10-11,13,20H,3,5,9,14-15H2,1H3,(H,27,28). The minimum Gasteiger partial charge on any atom is -0.496 e. The van der Waals surface area contributed by atoms with Crippen LogP contribution in [0.5, 0.6) is 17.2 Å². The zero-order valence-corrected chi connectivity index (χ0v) is 17.7. The summed E-state index contributed by atoms with van der Waals surface area (Å²) in [5.41, 5.74) is 3.27. The Labute approximate surface area is 186 Å². The van der Waals surface area contributed by atoms with Crippen molar-refractivity contribution in [2.45, 2.75) is 25.4 Å². The maximum atomic E-state index is 8.91. The molecule has 2 aromatic heterocycles. The van der Waals surface area contributed by atoms with Gasteiger partial charge in [0.05, 0.1) is 30.7 Å². The van der Waals surface area contributed by atoms with Gasteiger partial charge in [0.1, 0.15) is 23.3 Å². The van der Waals surface area contributed by atoms with Crippen molar-refractivity contribution in [3.05, 3.63) is 65.6 Å². The molecule has 0 amide bonds. The first kappa shape index (κ1) is 20.1. The van der Waals surface area contributed by atoms with Gasteiger partial charge in [0.25, 0.3) is 0 Å². The third kappa shape index (κ3) is 4.03. The molecular formula is C24H23N5O3. The topological polar surface area (TPSA) is 92.5 Å². The van der Waals surface area contributed by atoms with Crippen LogP contribution in [0, 0.1) is 11.3 Å². The maximum Gasteiger partial charge on any atom is 0.231 e. The van der Waals surface area contributed by atoms with Crippen LogP contribution in [0.25, 0.3) is 0 Å². The number of hydrogen-bond acceptors (Lipinski definition) is 8. The van der Waals surface area contributed by atoms with Crippen molar-refractivity contribution in [1.29, 1.82) is 5.26 Å². The van der Waals surface area contributed by atoms with E-state index in [1.165, 1.54) is 0 Å². The highest BCUT2D eigenvalue weighted by Crippen LogP contribution is 2.40. The molecule has 2 aliphatic rings. The first-order valence-corrected chi connectivity index (χ1v) is 10.5. The van der Waals surface area contributed by atoms with E-state index in [0.29, 0.717) is 5.69 Å². The minimum absolute atomic E-state index is 0.214. The summed E-state index contributed by atoms with van der Waals surface area (Å²) in [7, 11) is 1.68. The second-order valence-electron chi connectivity index (χ2n) is 7.76. The van der Waals surface area contributed by atoms with E-state index in [2.05, 4.69) is 21.3 Å². The van der Waals surface area contributed by atoms with Crippen molar-refractivity contribution in [3.8, 4) is 23.3 Å². The molecule has 4 heterocycles. The lowest BCUT2D eigenvalue weighted by Crippen LogP contribution is -2.24. The second-order valence-corrected chi connectivity index (χ2v) is 7.76. The van der Waals surface area contributed by atoms with E-state index in [9.17, 15) is 0 Å². The average molecular weight is 429 g/mol. The average Bonchev–Trinajstić information content (AvgIpc) is 3.48. The fourth-order valence-corrected chi connectivity index (χ4v) is 4.24. The highest BCUT2D eigenvalue weighted by molar-refractivity contribution is 5.55. The number of nitrogens with one attached hydrogen (secondary N) is 1.